The summed E-state index contributed by atoms with van der Waals surface area (Å²) in [6, 6.07) is 5.40. The zero-order chi connectivity index (χ0) is 17.8. The molecule has 2 aromatic rings. The van der Waals surface area contributed by atoms with Crippen LogP contribution in [-0.4, -0.2) is 50.7 Å². The summed E-state index contributed by atoms with van der Waals surface area (Å²) in [5, 5.41) is 3.65. The molecule has 0 atom stereocenters. The molecule has 0 radical (unpaired) electrons. The Bertz CT molecular complexity index is 778. The number of benzene rings is 1. The van der Waals surface area contributed by atoms with E-state index in [0.717, 1.165) is 31.3 Å². The summed E-state index contributed by atoms with van der Waals surface area (Å²) in [5.41, 5.74) is 1.42. The molecule has 2 heterocycles. The van der Waals surface area contributed by atoms with Gasteiger partial charge in [0.1, 0.15) is 11.4 Å². The molecule has 0 aliphatic carbocycles. The van der Waals surface area contributed by atoms with Gasteiger partial charge in [-0.2, -0.15) is 0 Å². The Morgan fingerprint density at radius 1 is 1.20 bits per heavy atom. The third-order valence-corrected chi connectivity index (χ3v) is 4.63. The zero-order valence-corrected chi connectivity index (χ0v) is 14.6. The van der Waals surface area contributed by atoms with Crippen LogP contribution in [0.15, 0.2) is 18.2 Å². The molecule has 1 amide bonds. The van der Waals surface area contributed by atoms with Crippen molar-refractivity contribution in [2.75, 3.05) is 39.2 Å². The van der Waals surface area contributed by atoms with Crippen molar-refractivity contribution < 1.29 is 24.0 Å². The van der Waals surface area contributed by atoms with Gasteiger partial charge in [-0.05, 0) is 31.4 Å². The van der Waals surface area contributed by atoms with Crippen LogP contribution in [0.25, 0.3) is 10.9 Å². The van der Waals surface area contributed by atoms with Crippen molar-refractivity contribution >= 4 is 28.5 Å². The maximum Gasteiger partial charge on any atom is 0.356 e. The summed E-state index contributed by atoms with van der Waals surface area (Å²) in [7, 11) is 2.90. The quantitative estimate of drug-likeness (QED) is 0.705. The summed E-state index contributed by atoms with van der Waals surface area (Å²) in [6.45, 7) is 2.44. The smallest absolute Gasteiger partial charge is 0.356 e. The zero-order valence-electron chi connectivity index (χ0n) is 14.6. The highest BCUT2D eigenvalue weighted by molar-refractivity contribution is 6.11. The van der Waals surface area contributed by atoms with Crippen molar-refractivity contribution in [3.63, 3.8) is 0 Å². The van der Waals surface area contributed by atoms with Gasteiger partial charge in [-0.15, -0.1) is 0 Å². The van der Waals surface area contributed by atoms with Crippen molar-refractivity contribution in [2.24, 2.45) is 0 Å². The van der Waals surface area contributed by atoms with Gasteiger partial charge in [0, 0.05) is 11.5 Å². The second-order valence-corrected chi connectivity index (χ2v) is 6.31. The molecule has 1 aliphatic rings. The van der Waals surface area contributed by atoms with Crippen LogP contribution in [-0.2, 0) is 9.53 Å². The number of carbonyl (C=O) groups is 2. The minimum absolute atomic E-state index is 0.0984. The van der Waals surface area contributed by atoms with Crippen molar-refractivity contribution in [3.8, 4) is 5.75 Å². The van der Waals surface area contributed by atoms with Crippen LogP contribution in [0.5, 0.6) is 5.75 Å². The average Bonchev–Trinajstić information content (AvgIpc) is 2.99. The molecule has 134 valence electrons. The molecular weight excluding hydrogens is 322 g/mol. The van der Waals surface area contributed by atoms with E-state index in [4.69, 9.17) is 9.47 Å². The van der Waals surface area contributed by atoms with Crippen LogP contribution in [0.2, 0.25) is 0 Å². The lowest BCUT2D eigenvalue weighted by Gasteiger charge is -2.22. The first-order chi connectivity index (χ1) is 12.1. The second-order valence-electron chi connectivity index (χ2n) is 6.31. The van der Waals surface area contributed by atoms with E-state index in [1.165, 1.54) is 18.4 Å². The highest BCUT2D eigenvalue weighted by Crippen LogP contribution is 2.30. The number of rotatable bonds is 5. The molecule has 7 nitrogen and oxygen atoms in total. The third-order valence-electron chi connectivity index (χ3n) is 4.63. The highest BCUT2D eigenvalue weighted by atomic mass is 16.5. The first-order valence-electron chi connectivity index (χ1n) is 8.54. The van der Waals surface area contributed by atoms with Gasteiger partial charge in [0.15, 0.2) is 6.54 Å². The first-order valence-corrected chi connectivity index (χ1v) is 8.54. The molecule has 1 fully saturated rings. The standard InChI is InChI=1S/C18H23N3O4/c1-24-12-6-7-13-14(10-12)19-17(18(23)25-2)16(13)20-15(22)11-21-8-4-3-5-9-21/h6-7,10,19H,3-5,8-9,11H2,1-2H3,(H,20,22)/p+1. The SMILES string of the molecule is COC(=O)c1[nH]c2cc(OC)ccc2c1NC(=O)C[NH+]1CCCCC1. The summed E-state index contributed by atoms with van der Waals surface area (Å²) in [6.07, 6.45) is 3.55. The van der Waals surface area contributed by atoms with Crippen LogP contribution in [0.3, 0.4) is 0 Å². The van der Waals surface area contributed by atoms with Crippen molar-refractivity contribution in [2.45, 2.75) is 19.3 Å². The molecular formula is C18H24N3O4+. The molecule has 3 N–H and O–H groups in total. The number of aromatic amines is 1. The number of H-pyrrole nitrogens is 1. The highest BCUT2D eigenvalue weighted by Gasteiger charge is 2.23. The lowest BCUT2D eigenvalue weighted by Crippen LogP contribution is -3.13. The maximum atomic E-state index is 12.5. The number of hydrogen-bond donors (Lipinski definition) is 3. The van der Waals surface area contributed by atoms with Crippen molar-refractivity contribution in [1.82, 2.24) is 4.98 Å². The normalized spacial score (nSPS) is 15.1. The van der Waals surface area contributed by atoms with Gasteiger partial charge in [0.05, 0.1) is 38.5 Å². The van der Waals surface area contributed by atoms with Crippen LogP contribution in [0, 0.1) is 0 Å². The van der Waals surface area contributed by atoms with E-state index < -0.39 is 5.97 Å². The topological polar surface area (TPSA) is 84.9 Å². The first kappa shape index (κ1) is 17.3. The molecule has 1 aliphatic heterocycles. The monoisotopic (exact) mass is 346 g/mol. The Kier molecular flexibility index (Phi) is 5.23. The number of methoxy groups -OCH3 is 2. The minimum atomic E-state index is -0.518. The number of anilines is 1. The number of quaternary nitrogens is 1. The number of piperidine rings is 1. The molecule has 0 saturated carbocycles. The lowest BCUT2D eigenvalue weighted by atomic mass is 10.1. The molecule has 25 heavy (non-hydrogen) atoms. The number of amides is 1. The fourth-order valence-electron chi connectivity index (χ4n) is 3.33. The second kappa shape index (κ2) is 7.57. The number of carbonyl (C=O) groups excluding carboxylic acids is 2. The van der Waals surface area contributed by atoms with Gasteiger partial charge in [-0.3, -0.25) is 4.79 Å². The van der Waals surface area contributed by atoms with E-state index in [1.54, 1.807) is 19.2 Å². The van der Waals surface area contributed by atoms with E-state index in [0.29, 0.717) is 23.5 Å². The molecule has 3 rings (SSSR count). The Morgan fingerprint density at radius 2 is 1.96 bits per heavy atom. The third kappa shape index (κ3) is 3.76. The van der Waals surface area contributed by atoms with E-state index >= 15 is 0 Å². The molecule has 0 bridgehead atoms. The molecule has 1 aromatic heterocycles. The molecule has 1 aromatic carbocycles. The van der Waals surface area contributed by atoms with Gasteiger partial charge in [-0.1, -0.05) is 0 Å². The van der Waals surface area contributed by atoms with Gasteiger partial charge < -0.3 is 24.7 Å². The Labute approximate surface area is 146 Å². The van der Waals surface area contributed by atoms with Crippen LogP contribution in [0.4, 0.5) is 5.69 Å². The Morgan fingerprint density at radius 3 is 2.64 bits per heavy atom. The average molecular weight is 346 g/mol. The predicted molar refractivity (Wildman–Crippen MR) is 94.2 cm³/mol. The van der Waals surface area contributed by atoms with Crippen LogP contribution in [0.1, 0.15) is 29.8 Å². The van der Waals surface area contributed by atoms with Gasteiger partial charge in [0.2, 0.25) is 0 Å². The van der Waals surface area contributed by atoms with E-state index in [2.05, 4.69) is 10.3 Å². The van der Waals surface area contributed by atoms with Gasteiger partial charge in [-0.25, -0.2) is 4.79 Å². The van der Waals surface area contributed by atoms with Gasteiger partial charge in [0.25, 0.3) is 5.91 Å². The predicted octanol–water partition coefficient (Wildman–Crippen LogP) is 0.970. The molecule has 0 spiro atoms. The number of esters is 1. The lowest BCUT2D eigenvalue weighted by molar-refractivity contribution is -0.896. The number of ether oxygens (including phenoxy) is 2. The van der Waals surface area contributed by atoms with Crippen LogP contribution >= 0.6 is 0 Å². The number of hydrogen-bond acceptors (Lipinski definition) is 4. The molecule has 0 unspecified atom stereocenters. The minimum Gasteiger partial charge on any atom is -0.497 e. The summed E-state index contributed by atoms with van der Waals surface area (Å²) < 4.78 is 10.0. The van der Waals surface area contributed by atoms with E-state index in [-0.39, 0.29) is 11.6 Å². The maximum absolute atomic E-state index is 12.5. The summed E-state index contributed by atoms with van der Waals surface area (Å²) in [5.74, 6) is 0.0513. The largest absolute Gasteiger partial charge is 0.497 e. The van der Waals surface area contributed by atoms with Crippen molar-refractivity contribution in [1.29, 1.82) is 0 Å². The fourth-order valence-corrected chi connectivity index (χ4v) is 3.33. The Hall–Kier alpha value is -2.54. The van der Waals surface area contributed by atoms with Crippen molar-refractivity contribution in [3.05, 3.63) is 23.9 Å². The number of likely N-dealkylation sites (tertiary alicyclic amines) is 1. The van der Waals surface area contributed by atoms with E-state index in [1.807, 2.05) is 6.07 Å². The van der Waals surface area contributed by atoms with E-state index in [9.17, 15) is 9.59 Å². The number of fused-ring (bicyclic) bond motifs is 1. The number of aromatic nitrogens is 1. The molecule has 7 heteroatoms. The number of nitrogens with one attached hydrogen (secondary N) is 3. The summed E-state index contributed by atoms with van der Waals surface area (Å²) >= 11 is 0. The van der Waals surface area contributed by atoms with Gasteiger partial charge >= 0.3 is 5.97 Å². The fraction of sp³-hybridized carbons (Fsp3) is 0.444. The molecule has 1 saturated heterocycles. The Balaban J connectivity index is 1.87. The van der Waals surface area contributed by atoms with Crippen LogP contribution < -0.4 is 15.0 Å². The summed E-state index contributed by atoms with van der Waals surface area (Å²) in [4.78, 5) is 28.9.